The lowest BCUT2D eigenvalue weighted by molar-refractivity contribution is -0.139. The predicted octanol–water partition coefficient (Wildman–Crippen LogP) is 1.04. The third kappa shape index (κ3) is 5.07. The Hall–Kier alpha value is -1.95. The number of carbonyl (C=O) groups excluding carboxylic acids is 2. The Kier molecular flexibility index (Phi) is 5.09. The minimum absolute atomic E-state index is 0.0485. The SMILES string of the molecule is O=Cc1ccc(COCC(=O)CCC(=O)O)o1. The van der Waals surface area contributed by atoms with Gasteiger partial charge >= 0.3 is 5.97 Å². The maximum absolute atomic E-state index is 11.1. The van der Waals surface area contributed by atoms with Gasteiger partial charge in [0.1, 0.15) is 19.0 Å². The van der Waals surface area contributed by atoms with Crippen molar-refractivity contribution >= 4 is 18.0 Å². The molecule has 1 heterocycles. The molecule has 0 radical (unpaired) electrons. The second-order valence-corrected chi connectivity index (χ2v) is 3.35. The Balaban J connectivity index is 2.21. The highest BCUT2D eigenvalue weighted by atomic mass is 16.5. The molecule has 0 unspecified atom stereocenters. The van der Waals surface area contributed by atoms with Crippen molar-refractivity contribution in [2.75, 3.05) is 6.61 Å². The van der Waals surface area contributed by atoms with Gasteiger partial charge in [0.2, 0.25) is 0 Å². The monoisotopic (exact) mass is 240 g/mol. The van der Waals surface area contributed by atoms with Crippen molar-refractivity contribution in [3.8, 4) is 0 Å². The highest BCUT2D eigenvalue weighted by Crippen LogP contribution is 2.07. The molecule has 0 bridgehead atoms. The van der Waals surface area contributed by atoms with Gasteiger partial charge in [0.15, 0.2) is 17.8 Å². The van der Waals surface area contributed by atoms with E-state index in [0.29, 0.717) is 12.0 Å². The molecule has 0 amide bonds. The molecule has 0 aromatic carbocycles. The number of furan rings is 1. The largest absolute Gasteiger partial charge is 0.481 e. The quantitative estimate of drug-likeness (QED) is 0.682. The standard InChI is InChI=1S/C11H12O6/c12-5-9-2-3-10(17-9)7-16-6-8(13)1-4-11(14)15/h2-3,5H,1,4,6-7H2,(H,14,15). The molecule has 92 valence electrons. The number of aldehydes is 1. The zero-order valence-electron chi connectivity index (χ0n) is 9.05. The zero-order valence-corrected chi connectivity index (χ0v) is 9.05. The summed E-state index contributed by atoms with van der Waals surface area (Å²) in [6, 6.07) is 3.07. The first-order chi connectivity index (χ1) is 8.11. The van der Waals surface area contributed by atoms with Gasteiger partial charge < -0.3 is 14.3 Å². The highest BCUT2D eigenvalue weighted by molar-refractivity contribution is 5.83. The molecule has 0 fully saturated rings. The van der Waals surface area contributed by atoms with Gasteiger partial charge in [0.25, 0.3) is 0 Å². The van der Waals surface area contributed by atoms with Crippen LogP contribution < -0.4 is 0 Å². The molecule has 1 rings (SSSR count). The van der Waals surface area contributed by atoms with E-state index in [0.717, 1.165) is 0 Å². The summed E-state index contributed by atoms with van der Waals surface area (Å²) in [6.45, 7) is -0.0863. The summed E-state index contributed by atoms with van der Waals surface area (Å²) in [5.74, 6) is -0.659. The number of rotatable bonds is 8. The third-order valence-electron chi connectivity index (χ3n) is 1.92. The van der Waals surface area contributed by atoms with Crippen LogP contribution in [0.1, 0.15) is 29.2 Å². The number of ketones is 1. The van der Waals surface area contributed by atoms with E-state index in [1.807, 2.05) is 0 Å². The fourth-order valence-electron chi connectivity index (χ4n) is 1.12. The smallest absolute Gasteiger partial charge is 0.303 e. The van der Waals surface area contributed by atoms with E-state index in [1.54, 1.807) is 6.07 Å². The van der Waals surface area contributed by atoms with Crippen LogP contribution in [-0.2, 0) is 20.9 Å². The molecule has 0 aliphatic rings. The normalized spacial score (nSPS) is 10.1. The molecule has 6 heteroatoms. The van der Waals surface area contributed by atoms with Crippen molar-refractivity contribution in [3.05, 3.63) is 23.7 Å². The summed E-state index contributed by atoms with van der Waals surface area (Å²) < 4.78 is 10.0. The fourth-order valence-corrected chi connectivity index (χ4v) is 1.12. The summed E-state index contributed by atoms with van der Waals surface area (Å²) in [6.07, 6.45) is 0.326. The summed E-state index contributed by atoms with van der Waals surface area (Å²) in [7, 11) is 0. The Labute approximate surface area is 97.2 Å². The van der Waals surface area contributed by atoms with Crippen LogP contribution in [0.2, 0.25) is 0 Å². The predicted molar refractivity (Wildman–Crippen MR) is 55.6 cm³/mol. The lowest BCUT2D eigenvalue weighted by Crippen LogP contribution is -2.10. The van der Waals surface area contributed by atoms with Crippen LogP contribution in [0.25, 0.3) is 0 Å². The Bertz CT molecular complexity index is 406. The number of hydrogen-bond acceptors (Lipinski definition) is 5. The lowest BCUT2D eigenvalue weighted by atomic mass is 10.2. The van der Waals surface area contributed by atoms with Gasteiger partial charge in [-0.1, -0.05) is 0 Å². The van der Waals surface area contributed by atoms with Crippen LogP contribution >= 0.6 is 0 Å². The van der Waals surface area contributed by atoms with E-state index >= 15 is 0 Å². The molecule has 17 heavy (non-hydrogen) atoms. The van der Waals surface area contributed by atoms with E-state index < -0.39 is 5.97 Å². The molecular weight excluding hydrogens is 228 g/mol. The molecule has 1 N–H and O–H groups in total. The van der Waals surface area contributed by atoms with E-state index in [1.165, 1.54) is 6.07 Å². The van der Waals surface area contributed by atoms with Crippen LogP contribution in [0, 0.1) is 0 Å². The second-order valence-electron chi connectivity index (χ2n) is 3.35. The fraction of sp³-hybridized carbons (Fsp3) is 0.364. The zero-order chi connectivity index (χ0) is 12.7. The number of hydrogen-bond donors (Lipinski definition) is 1. The number of ether oxygens (including phenoxy) is 1. The molecule has 0 aliphatic carbocycles. The third-order valence-corrected chi connectivity index (χ3v) is 1.92. The van der Waals surface area contributed by atoms with Gasteiger partial charge in [-0.05, 0) is 12.1 Å². The first-order valence-corrected chi connectivity index (χ1v) is 4.97. The maximum Gasteiger partial charge on any atom is 0.303 e. The maximum atomic E-state index is 11.1. The highest BCUT2D eigenvalue weighted by Gasteiger charge is 2.07. The molecule has 0 saturated carbocycles. The van der Waals surface area contributed by atoms with Crippen LogP contribution in [0.15, 0.2) is 16.5 Å². The topological polar surface area (TPSA) is 93.8 Å². The molecule has 0 saturated heterocycles. The van der Waals surface area contributed by atoms with Crippen LogP contribution in [0.4, 0.5) is 0 Å². The average Bonchev–Trinajstić information content (AvgIpc) is 2.74. The van der Waals surface area contributed by atoms with Gasteiger partial charge in [-0.15, -0.1) is 0 Å². The number of carboxylic acid groups (broad SMARTS) is 1. The second kappa shape index (κ2) is 6.59. The van der Waals surface area contributed by atoms with Crippen molar-refractivity contribution in [2.24, 2.45) is 0 Å². The first kappa shape index (κ1) is 13.1. The summed E-state index contributed by atoms with van der Waals surface area (Å²) >= 11 is 0. The van der Waals surface area contributed by atoms with Gasteiger partial charge in [0, 0.05) is 6.42 Å². The van der Waals surface area contributed by atoms with Gasteiger partial charge in [-0.25, -0.2) is 0 Å². The van der Waals surface area contributed by atoms with E-state index in [4.69, 9.17) is 14.3 Å². The Morgan fingerprint density at radius 3 is 2.71 bits per heavy atom. The Morgan fingerprint density at radius 2 is 2.12 bits per heavy atom. The van der Waals surface area contributed by atoms with E-state index in [-0.39, 0.29) is 37.6 Å². The van der Waals surface area contributed by atoms with Crippen LogP contribution in [0.3, 0.4) is 0 Å². The summed E-state index contributed by atoms with van der Waals surface area (Å²) in [5, 5.41) is 8.35. The lowest BCUT2D eigenvalue weighted by Gasteiger charge is -2.00. The first-order valence-electron chi connectivity index (χ1n) is 4.97. The molecule has 1 aromatic rings. The molecule has 0 aliphatic heterocycles. The van der Waals surface area contributed by atoms with Crippen molar-refractivity contribution in [1.82, 2.24) is 0 Å². The minimum atomic E-state index is -1.01. The molecule has 6 nitrogen and oxygen atoms in total. The summed E-state index contributed by atoms with van der Waals surface area (Å²) in [4.78, 5) is 31.6. The molecule has 0 atom stereocenters. The number of aliphatic carboxylic acids is 1. The van der Waals surface area contributed by atoms with Crippen molar-refractivity contribution in [1.29, 1.82) is 0 Å². The Morgan fingerprint density at radius 1 is 1.35 bits per heavy atom. The number of carbonyl (C=O) groups is 3. The molecule has 1 aromatic heterocycles. The molecule has 0 spiro atoms. The van der Waals surface area contributed by atoms with Gasteiger partial charge in [-0.2, -0.15) is 0 Å². The van der Waals surface area contributed by atoms with E-state index in [9.17, 15) is 14.4 Å². The van der Waals surface area contributed by atoms with Crippen molar-refractivity contribution < 1.29 is 28.6 Å². The van der Waals surface area contributed by atoms with Gasteiger partial charge in [0.05, 0.1) is 6.42 Å². The van der Waals surface area contributed by atoms with Crippen LogP contribution in [0.5, 0.6) is 0 Å². The number of Topliss-reactive ketones (excluding diaryl/α,β-unsaturated/α-hetero) is 1. The van der Waals surface area contributed by atoms with Gasteiger partial charge in [-0.3, -0.25) is 14.4 Å². The number of carboxylic acids is 1. The van der Waals surface area contributed by atoms with Crippen molar-refractivity contribution in [2.45, 2.75) is 19.4 Å². The summed E-state index contributed by atoms with van der Waals surface area (Å²) in [5.41, 5.74) is 0. The van der Waals surface area contributed by atoms with Crippen LogP contribution in [-0.4, -0.2) is 29.8 Å². The average molecular weight is 240 g/mol. The molecular formula is C11H12O6. The van der Waals surface area contributed by atoms with Crippen molar-refractivity contribution in [3.63, 3.8) is 0 Å². The minimum Gasteiger partial charge on any atom is -0.481 e. The van der Waals surface area contributed by atoms with E-state index in [2.05, 4.69) is 0 Å².